The maximum atomic E-state index is 6.06. The van der Waals surface area contributed by atoms with Crippen LogP contribution in [0.15, 0.2) is 28.7 Å². The second kappa shape index (κ2) is 6.78. The Balaban J connectivity index is 1.67. The first-order chi connectivity index (χ1) is 10.2. The average molecular weight is 354 g/mol. The SMILES string of the molecule is CNC(Cc1cccc(Br)c1)C1CCOC2(CCOC2)C1. The molecule has 2 aliphatic rings. The highest BCUT2D eigenvalue weighted by atomic mass is 79.9. The Morgan fingerprint density at radius 2 is 2.33 bits per heavy atom. The summed E-state index contributed by atoms with van der Waals surface area (Å²) in [4.78, 5) is 0. The lowest BCUT2D eigenvalue weighted by atomic mass is 9.79. The van der Waals surface area contributed by atoms with Crippen LogP contribution in [0.1, 0.15) is 24.8 Å². The van der Waals surface area contributed by atoms with E-state index in [1.807, 2.05) is 0 Å². The molecule has 0 radical (unpaired) electrons. The summed E-state index contributed by atoms with van der Waals surface area (Å²) in [7, 11) is 2.08. The third-order valence-electron chi connectivity index (χ3n) is 4.88. The van der Waals surface area contributed by atoms with E-state index in [9.17, 15) is 0 Å². The monoisotopic (exact) mass is 353 g/mol. The first kappa shape index (κ1) is 15.5. The predicted octanol–water partition coefficient (Wildman–Crippen LogP) is 3.17. The van der Waals surface area contributed by atoms with E-state index < -0.39 is 0 Å². The molecule has 0 saturated carbocycles. The lowest BCUT2D eigenvalue weighted by Crippen LogP contribution is -2.47. The molecule has 1 N–H and O–H groups in total. The quantitative estimate of drug-likeness (QED) is 0.901. The number of likely N-dealkylation sites (N-methyl/N-ethyl adjacent to an activating group) is 1. The van der Waals surface area contributed by atoms with Crippen LogP contribution in [0, 0.1) is 5.92 Å². The highest BCUT2D eigenvalue weighted by Gasteiger charge is 2.42. The van der Waals surface area contributed by atoms with Crippen molar-refractivity contribution in [2.75, 3.05) is 26.9 Å². The molecule has 116 valence electrons. The van der Waals surface area contributed by atoms with E-state index in [4.69, 9.17) is 9.47 Å². The number of benzene rings is 1. The van der Waals surface area contributed by atoms with E-state index in [-0.39, 0.29) is 5.60 Å². The van der Waals surface area contributed by atoms with Crippen LogP contribution in [0.5, 0.6) is 0 Å². The fraction of sp³-hybridized carbons (Fsp3) is 0.647. The summed E-state index contributed by atoms with van der Waals surface area (Å²) in [6.45, 7) is 2.49. The van der Waals surface area contributed by atoms with Gasteiger partial charge in [0.15, 0.2) is 0 Å². The van der Waals surface area contributed by atoms with Crippen molar-refractivity contribution in [3.8, 4) is 0 Å². The van der Waals surface area contributed by atoms with Crippen LogP contribution < -0.4 is 5.32 Å². The van der Waals surface area contributed by atoms with Gasteiger partial charge in [-0.3, -0.25) is 0 Å². The molecule has 0 amide bonds. The summed E-state index contributed by atoms with van der Waals surface area (Å²) in [5, 5.41) is 3.53. The Bertz CT molecular complexity index is 474. The van der Waals surface area contributed by atoms with E-state index >= 15 is 0 Å². The van der Waals surface area contributed by atoms with Gasteiger partial charge in [0.05, 0.1) is 12.2 Å². The molecular formula is C17H24BrNO2. The minimum atomic E-state index is -0.00467. The highest BCUT2D eigenvalue weighted by Crippen LogP contribution is 2.37. The second-order valence-electron chi connectivity index (χ2n) is 6.32. The third-order valence-corrected chi connectivity index (χ3v) is 5.38. The molecule has 3 atom stereocenters. The average Bonchev–Trinajstić information content (AvgIpc) is 2.92. The van der Waals surface area contributed by atoms with Crippen LogP contribution in [0.25, 0.3) is 0 Å². The molecule has 2 aliphatic heterocycles. The van der Waals surface area contributed by atoms with E-state index in [2.05, 4.69) is 52.6 Å². The van der Waals surface area contributed by atoms with Crippen LogP contribution in [-0.2, 0) is 15.9 Å². The van der Waals surface area contributed by atoms with Crippen LogP contribution in [0.3, 0.4) is 0 Å². The lowest BCUT2D eigenvalue weighted by Gasteiger charge is -2.40. The number of ether oxygens (including phenoxy) is 2. The Labute approximate surface area is 135 Å². The molecule has 0 aromatic heterocycles. The van der Waals surface area contributed by atoms with Crippen molar-refractivity contribution in [3.05, 3.63) is 34.3 Å². The van der Waals surface area contributed by atoms with E-state index in [0.717, 1.165) is 50.0 Å². The summed E-state index contributed by atoms with van der Waals surface area (Å²) in [6, 6.07) is 9.13. The fourth-order valence-electron chi connectivity index (χ4n) is 3.69. The summed E-state index contributed by atoms with van der Waals surface area (Å²) >= 11 is 3.56. The molecule has 21 heavy (non-hydrogen) atoms. The van der Waals surface area contributed by atoms with Crippen LogP contribution >= 0.6 is 15.9 Å². The van der Waals surface area contributed by atoms with Gasteiger partial charge < -0.3 is 14.8 Å². The van der Waals surface area contributed by atoms with E-state index in [1.165, 1.54) is 5.56 Å². The molecule has 2 saturated heterocycles. The Kier molecular flexibility index (Phi) is 4.99. The molecule has 4 heteroatoms. The fourth-order valence-corrected chi connectivity index (χ4v) is 4.14. The standard InChI is InChI=1S/C17H24BrNO2/c1-19-16(10-13-3-2-4-15(18)9-13)14-5-7-21-17(11-14)6-8-20-12-17/h2-4,9,14,16,19H,5-8,10-12H2,1H3. The number of halogens is 1. The molecule has 2 heterocycles. The molecule has 1 aromatic carbocycles. The Morgan fingerprint density at radius 1 is 1.43 bits per heavy atom. The second-order valence-corrected chi connectivity index (χ2v) is 7.23. The van der Waals surface area contributed by atoms with Crippen molar-refractivity contribution in [1.29, 1.82) is 0 Å². The van der Waals surface area contributed by atoms with Crippen molar-refractivity contribution >= 4 is 15.9 Å². The van der Waals surface area contributed by atoms with Gasteiger partial charge in [-0.05, 0) is 49.9 Å². The van der Waals surface area contributed by atoms with Gasteiger partial charge in [-0.25, -0.2) is 0 Å². The van der Waals surface area contributed by atoms with Crippen molar-refractivity contribution in [3.63, 3.8) is 0 Å². The van der Waals surface area contributed by atoms with Crippen LogP contribution in [0.2, 0.25) is 0 Å². The van der Waals surface area contributed by atoms with Gasteiger partial charge >= 0.3 is 0 Å². The van der Waals surface area contributed by atoms with Crippen molar-refractivity contribution in [2.24, 2.45) is 5.92 Å². The molecular weight excluding hydrogens is 330 g/mol. The molecule has 0 bridgehead atoms. The highest BCUT2D eigenvalue weighted by molar-refractivity contribution is 9.10. The van der Waals surface area contributed by atoms with Gasteiger partial charge in [0, 0.05) is 30.1 Å². The normalized spacial score (nSPS) is 30.7. The van der Waals surface area contributed by atoms with Crippen molar-refractivity contribution in [1.82, 2.24) is 5.32 Å². The van der Waals surface area contributed by atoms with Crippen molar-refractivity contribution < 1.29 is 9.47 Å². The molecule has 3 rings (SSSR count). The maximum Gasteiger partial charge on any atom is 0.0939 e. The molecule has 3 nitrogen and oxygen atoms in total. The molecule has 0 aliphatic carbocycles. The molecule has 1 aromatic rings. The first-order valence-corrected chi connectivity index (χ1v) is 8.63. The summed E-state index contributed by atoms with van der Waals surface area (Å²) in [6.07, 6.45) is 4.38. The zero-order valence-corrected chi connectivity index (χ0v) is 14.2. The zero-order valence-electron chi connectivity index (χ0n) is 12.6. The number of hydrogen-bond acceptors (Lipinski definition) is 3. The topological polar surface area (TPSA) is 30.5 Å². The van der Waals surface area contributed by atoms with Gasteiger partial charge in [0.1, 0.15) is 0 Å². The Morgan fingerprint density at radius 3 is 3.05 bits per heavy atom. The lowest BCUT2D eigenvalue weighted by molar-refractivity contribution is -0.102. The summed E-state index contributed by atoms with van der Waals surface area (Å²) in [5.41, 5.74) is 1.38. The summed E-state index contributed by atoms with van der Waals surface area (Å²) < 4.78 is 12.8. The van der Waals surface area contributed by atoms with Crippen LogP contribution in [0.4, 0.5) is 0 Å². The number of hydrogen-bond donors (Lipinski definition) is 1. The summed E-state index contributed by atoms with van der Waals surface area (Å²) in [5.74, 6) is 0.657. The minimum absolute atomic E-state index is 0.00467. The van der Waals surface area contributed by atoms with E-state index in [1.54, 1.807) is 0 Å². The minimum Gasteiger partial charge on any atom is -0.378 e. The smallest absolute Gasteiger partial charge is 0.0939 e. The Hall–Kier alpha value is -0.420. The maximum absolute atomic E-state index is 6.06. The van der Waals surface area contributed by atoms with Gasteiger partial charge in [-0.2, -0.15) is 0 Å². The van der Waals surface area contributed by atoms with Crippen LogP contribution in [-0.4, -0.2) is 38.5 Å². The first-order valence-electron chi connectivity index (χ1n) is 7.84. The van der Waals surface area contributed by atoms with Gasteiger partial charge in [-0.1, -0.05) is 28.1 Å². The van der Waals surface area contributed by atoms with E-state index in [0.29, 0.717) is 12.0 Å². The number of rotatable bonds is 4. The molecule has 1 spiro atoms. The zero-order chi connectivity index (χ0) is 14.7. The van der Waals surface area contributed by atoms with Gasteiger partial charge in [-0.15, -0.1) is 0 Å². The predicted molar refractivity (Wildman–Crippen MR) is 87.5 cm³/mol. The van der Waals surface area contributed by atoms with Crippen molar-refractivity contribution in [2.45, 2.75) is 37.3 Å². The largest absolute Gasteiger partial charge is 0.378 e. The van der Waals surface area contributed by atoms with Gasteiger partial charge in [0.2, 0.25) is 0 Å². The number of nitrogens with one attached hydrogen (secondary N) is 1. The molecule has 2 fully saturated rings. The third kappa shape index (κ3) is 3.67. The molecule has 3 unspecified atom stereocenters. The van der Waals surface area contributed by atoms with Gasteiger partial charge in [0.25, 0.3) is 0 Å².